The molecule has 1 fully saturated rings. The molecule has 7 heteroatoms. The van der Waals surface area contributed by atoms with Crippen molar-refractivity contribution in [3.05, 3.63) is 52.7 Å². The quantitative estimate of drug-likeness (QED) is 0.890. The average molecular weight is 374 g/mol. The first-order chi connectivity index (χ1) is 12.7. The van der Waals surface area contributed by atoms with Crippen molar-refractivity contribution in [1.82, 2.24) is 10.3 Å². The lowest BCUT2D eigenvalue weighted by atomic mass is 10.1. The van der Waals surface area contributed by atoms with Gasteiger partial charge in [-0.25, -0.2) is 4.98 Å². The summed E-state index contributed by atoms with van der Waals surface area (Å²) in [6.45, 7) is 3.59. The minimum Gasteiger partial charge on any atom is -0.480 e. The summed E-state index contributed by atoms with van der Waals surface area (Å²) in [6, 6.07) is 9.39. The number of aromatic nitrogens is 1. The number of hydrogen-bond acceptors (Lipinski definition) is 5. The van der Waals surface area contributed by atoms with Crippen molar-refractivity contribution in [3.63, 3.8) is 0 Å². The molecule has 4 rings (SSSR count). The lowest BCUT2D eigenvalue weighted by Gasteiger charge is -2.27. The van der Waals surface area contributed by atoms with Crippen LogP contribution >= 0.6 is 11.6 Å². The highest BCUT2D eigenvalue weighted by Crippen LogP contribution is 2.31. The Morgan fingerprint density at radius 2 is 2.12 bits per heavy atom. The third-order valence-electron chi connectivity index (χ3n) is 4.60. The highest BCUT2D eigenvalue weighted by Gasteiger charge is 2.29. The fourth-order valence-corrected chi connectivity index (χ4v) is 3.36. The van der Waals surface area contributed by atoms with E-state index in [1.54, 1.807) is 18.3 Å². The number of carbonyl (C=O) groups is 1. The van der Waals surface area contributed by atoms with Crippen molar-refractivity contribution in [2.45, 2.75) is 19.1 Å². The van der Waals surface area contributed by atoms with E-state index in [-0.39, 0.29) is 5.91 Å². The first-order valence-electron chi connectivity index (χ1n) is 8.69. The van der Waals surface area contributed by atoms with E-state index >= 15 is 0 Å². The SMILES string of the molecule is O=C(NCc1ccc(N2CCOCC2)nc1)[C@H]1Cc2cc(Cl)ccc2O1. The van der Waals surface area contributed by atoms with E-state index in [0.29, 0.717) is 18.0 Å². The number of amides is 1. The third-order valence-corrected chi connectivity index (χ3v) is 4.84. The maximum absolute atomic E-state index is 12.4. The molecule has 1 aromatic carbocycles. The Hall–Kier alpha value is -2.31. The van der Waals surface area contributed by atoms with Crippen LogP contribution in [0.25, 0.3) is 0 Å². The molecule has 1 N–H and O–H groups in total. The molecule has 0 bridgehead atoms. The number of morpholine rings is 1. The number of rotatable bonds is 4. The topological polar surface area (TPSA) is 63.7 Å². The number of halogens is 1. The molecular formula is C19H20ClN3O3. The fourth-order valence-electron chi connectivity index (χ4n) is 3.17. The Bertz CT molecular complexity index is 791. The second-order valence-electron chi connectivity index (χ2n) is 6.40. The number of fused-ring (bicyclic) bond motifs is 1. The molecule has 1 atom stereocenters. The van der Waals surface area contributed by atoms with Crippen LogP contribution in [0.1, 0.15) is 11.1 Å². The fraction of sp³-hybridized carbons (Fsp3) is 0.368. The Morgan fingerprint density at radius 3 is 2.88 bits per heavy atom. The molecule has 1 aromatic heterocycles. The van der Waals surface area contributed by atoms with Crippen molar-refractivity contribution in [3.8, 4) is 5.75 Å². The van der Waals surface area contributed by atoms with Crippen LogP contribution in [0.15, 0.2) is 36.5 Å². The lowest BCUT2D eigenvalue weighted by Crippen LogP contribution is -2.37. The summed E-state index contributed by atoms with van der Waals surface area (Å²) < 4.78 is 11.1. The Labute approximate surface area is 157 Å². The zero-order valence-corrected chi connectivity index (χ0v) is 15.0. The van der Waals surface area contributed by atoms with Gasteiger partial charge in [-0.1, -0.05) is 17.7 Å². The van der Waals surface area contributed by atoms with Crippen LogP contribution in [0.2, 0.25) is 5.02 Å². The van der Waals surface area contributed by atoms with Crippen LogP contribution in [0.4, 0.5) is 5.82 Å². The zero-order chi connectivity index (χ0) is 17.9. The minimum absolute atomic E-state index is 0.130. The maximum Gasteiger partial charge on any atom is 0.261 e. The Kier molecular flexibility index (Phi) is 4.95. The standard InChI is InChI=1S/C19H20ClN3O3/c20-15-2-3-16-14(9-15)10-17(26-16)19(24)22-12-13-1-4-18(21-11-13)23-5-7-25-8-6-23/h1-4,9,11,17H,5-8,10,12H2,(H,22,24)/t17-/m1/s1. The molecule has 6 nitrogen and oxygen atoms in total. The van der Waals surface area contributed by atoms with Gasteiger partial charge in [0.1, 0.15) is 11.6 Å². The predicted molar refractivity (Wildman–Crippen MR) is 98.7 cm³/mol. The molecule has 1 amide bonds. The molecule has 0 spiro atoms. The van der Waals surface area contributed by atoms with Gasteiger partial charge in [0.25, 0.3) is 5.91 Å². The molecule has 0 aliphatic carbocycles. The van der Waals surface area contributed by atoms with Gasteiger partial charge in [-0.15, -0.1) is 0 Å². The van der Waals surface area contributed by atoms with Crippen molar-refractivity contribution in [2.75, 3.05) is 31.2 Å². The smallest absolute Gasteiger partial charge is 0.261 e. The Morgan fingerprint density at radius 1 is 1.27 bits per heavy atom. The summed E-state index contributed by atoms with van der Waals surface area (Å²) in [5.41, 5.74) is 1.92. The van der Waals surface area contributed by atoms with Gasteiger partial charge >= 0.3 is 0 Å². The van der Waals surface area contributed by atoms with E-state index in [1.807, 2.05) is 18.2 Å². The largest absolute Gasteiger partial charge is 0.480 e. The highest BCUT2D eigenvalue weighted by molar-refractivity contribution is 6.30. The first-order valence-corrected chi connectivity index (χ1v) is 9.07. The molecule has 136 valence electrons. The number of ether oxygens (including phenoxy) is 2. The van der Waals surface area contributed by atoms with E-state index in [4.69, 9.17) is 21.1 Å². The van der Waals surface area contributed by atoms with E-state index < -0.39 is 6.10 Å². The zero-order valence-electron chi connectivity index (χ0n) is 14.3. The summed E-state index contributed by atoms with van der Waals surface area (Å²) in [4.78, 5) is 19.1. The number of pyridine rings is 1. The maximum atomic E-state index is 12.4. The van der Waals surface area contributed by atoms with Crippen LogP contribution in [-0.2, 0) is 22.5 Å². The van der Waals surface area contributed by atoms with Gasteiger partial charge < -0.3 is 19.7 Å². The minimum atomic E-state index is -0.510. The number of nitrogens with zero attached hydrogens (tertiary/aromatic N) is 2. The summed E-state index contributed by atoms with van der Waals surface area (Å²) >= 11 is 5.99. The molecule has 26 heavy (non-hydrogen) atoms. The lowest BCUT2D eigenvalue weighted by molar-refractivity contribution is -0.127. The normalized spacial score (nSPS) is 19.0. The van der Waals surface area contributed by atoms with E-state index in [0.717, 1.165) is 49.0 Å². The van der Waals surface area contributed by atoms with Crippen LogP contribution in [0, 0.1) is 0 Å². The molecule has 2 aromatic rings. The van der Waals surface area contributed by atoms with Crippen LogP contribution in [0.3, 0.4) is 0 Å². The summed E-state index contributed by atoms with van der Waals surface area (Å²) in [5, 5.41) is 3.57. The summed E-state index contributed by atoms with van der Waals surface area (Å²) in [5.74, 6) is 1.54. The van der Waals surface area contributed by atoms with E-state index in [2.05, 4.69) is 15.2 Å². The molecule has 3 heterocycles. The van der Waals surface area contributed by atoms with E-state index in [9.17, 15) is 4.79 Å². The third kappa shape index (κ3) is 3.76. The van der Waals surface area contributed by atoms with Crippen molar-refractivity contribution < 1.29 is 14.3 Å². The highest BCUT2D eigenvalue weighted by atomic mass is 35.5. The summed E-state index contributed by atoms with van der Waals surface area (Å²) in [7, 11) is 0. The van der Waals surface area contributed by atoms with Crippen LogP contribution in [-0.4, -0.2) is 43.3 Å². The second kappa shape index (κ2) is 7.51. The number of hydrogen-bond donors (Lipinski definition) is 1. The molecule has 0 unspecified atom stereocenters. The monoisotopic (exact) mass is 373 g/mol. The average Bonchev–Trinajstić information content (AvgIpc) is 3.10. The molecule has 2 aliphatic heterocycles. The van der Waals surface area contributed by atoms with Gasteiger partial charge in [0.05, 0.1) is 13.2 Å². The van der Waals surface area contributed by atoms with Gasteiger partial charge in [0, 0.05) is 37.3 Å². The first kappa shape index (κ1) is 17.1. The van der Waals surface area contributed by atoms with Crippen LogP contribution in [0.5, 0.6) is 5.75 Å². The molecule has 0 radical (unpaired) electrons. The van der Waals surface area contributed by atoms with Gasteiger partial charge in [0.2, 0.25) is 0 Å². The van der Waals surface area contributed by atoms with Gasteiger partial charge in [-0.05, 0) is 35.4 Å². The molecular weight excluding hydrogens is 354 g/mol. The van der Waals surface area contributed by atoms with Gasteiger partial charge in [-0.3, -0.25) is 4.79 Å². The molecule has 1 saturated heterocycles. The number of benzene rings is 1. The molecule has 0 saturated carbocycles. The predicted octanol–water partition coefficient (Wildman–Crippen LogP) is 2.19. The van der Waals surface area contributed by atoms with Gasteiger partial charge in [0.15, 0.2) is 6.10 Å². The van der Waals surface area contributed by atoms with Crippen molar-refractivity contribution in [1.29, 1.82) is 0 Å². The number of nitrogens with one attached hydrogen (secondary N) is 1. The number of carbonyl (C=O) groups excluding carboxylic acids is 1. The van der Waals surface area contributed by atoms with Crippen molar-refractivity contribution >= 4 is 23.3 Å². The second-order valence-corrected chi connectivity index (χ2v) is 6.84. The summed E-state index contributed by atoms with van der Waals surface area (Å²) in [6.07, 6.45) is 1.83. The van der Waals surface area contributed by atoms with E-state index in [1.165, 1.54) is 0 Å². The Balaban J connectivity index is 1.31. The number of anilines is 1. The van der Waals surface area contributed by atoms with Crippen molar-refractivity contribution in [2.24, 2.45) is 0 Å². The van der Waals surface area contributed by atoms with Crippen LogP contribution < -0.4 is 15.0 Å². The van der Waals surface area contributed by atoms with Gasteiger partial charge in [-0.2, -0.15) is 0 Å². The molecule has 2 aliphatic rings.